The van der Waals surface area contributed by atoms with Gasteiger partial charge in [0, 0.05) is 18.2 Å². The minimum atomic E-state index is -0.650. The lowest BCUT2D eigenvalue weighted by Gasteiger charge is -2.12. The summed E-state index contributed by atoms with van der Waals surface area (Å²) >= 11 is 0. The van der Waals surface area contributed by atoms with Crippen LogP contribution in [0.25, 0.3) is 0 Å². The van der Waals surface area contributed by atoms with Crippen LogP contribution in [0.1, 0.15) is 40.5 Å². The van der Waals surface area contributed by atoms with E-state index in [0.29, 0.717) is 23.9 Å². The standard InChI is InChI=1S/C23H23NO8/c1-14(25)18-9-20-21(32-13-31-20)10-19(18)24-22(26)12-30-23(27)15-4-6-16(7-5-15)29-11-17-3-2-8-28-17/h4-7,9-10,17H,2-3,8,11-13H2,1H3,(H,24,26). The fourth-order valence-electron chi connectivity index (χ4n) is 3.39. The molecular weight excluding hydrogens is 418 g/mol. The van der Waals surface area contributed by atoms with Crippen molar-refractivity contribution in [1.82, 2.24) is 0 Å². The van der Waals surface area contributed by atoms with Gasteiger partial charge in [0.15, 0.2) is 23.9 Å². The van der Waals surface area contributed by atoms with Gasteiger partial charge in [-0.3, -0.25) is 9.59 Å². The molecule has 1 fully saturated rings. The summed E-state index contributed by atoms with van der Waals surface area (Å²) in [5, 5.41) is 2.58. The van der Waals surface area contributed by atoms with Crippen LogP contribution < -0.4 is 19.5 Å². The summed E-state index contributed by atoms with van der Waals surface area (Å²) < 4.78 is 26.8. The maximum atomic E-state index is 12.3. The van der Waals surface area contributed by atoms with Crippen molar-refractivity contribution in [2.45, 2.75) is 25.9 Å². The number of esters is 1. The summed E-state index contributed by atoms with van der Waals surface area (Å²) in [5.41, 5.74) is 0.817. The zero-order valence-corrected chi connectivity index (χ0v) is 17.6. The lowest BCUT2D eigenvalue weighted by atomic mass is 10.1. The van der Waals surface area contributed by atoms with E-state index in [1.165, 1.54) is 19.1 Å². The van der Waals surface area contributed by atoms with Crippen LogP contribution in [0, 0.1) is 0 Å². The van der Waals surface area contributed by atoms with E-state index in [-0.39, 0.29) is 35.5 Å². The maximum Gasteiger partial charge on any atom is 0.338 e. The third-order valence-corrected chi connectivity index (χ3v) is 5.05. The first-order chi connectivity index (χ1) is 15.5. The van der Waals surface area contributed by atoms with Crippen molar-refractivity contribution in [2.24, 2.45) is 0 Å². The Kier molecular flexibility index (Phi) is 6.55. The molecule has 9 heteroatoms. The number of amides is 1. The number of hydrogen-bond acceptors (Lipinski definition) is 8. The van der Waals surface area contributed by atoms with E-state index < -0.39 is 18.5 Å². The Hall–Kier alpha value is -3.59. The third kappa shape index (κ3) is 5.17. The van der Waals surface area contributed by atoms with E-state index in [1.54, 1.807) is 24.3 Å². The van der Waals surface area contributed by atoms with Crippen molar-refractivity contribution in [2.75, 3.05) is 31.9 Å². The van der Waals surface area contributed by atoms with Gasteiger partial charge < -0.3 is 29.0 Å². The van der Waals surface area contributed by atoms with Crippen molar-refractivity contribution in [3.8, 4) is 17.2 Å². The summed E-state index contributed by atoms with van der Waals surface area (Å²) in [6, 6.07) is 9.48. The zero-order chi connectivity index (χ0) is 22.5. The number of fused-ring (bicyclic) bond motifs is 1. The van der Waals surface area contributed by atoms with E-state index in [1.807, 2.05) is 0 Å². The summed E-state index contributed by atoms with van der Waals surface area (Å²) in [6.45, 7) is 2.13. The van der Waals surface area contributed by atoms with Crippen LogP contribution in [0.5, 0.6) is 17.2 Å². The number of benzene rings is 2. The first kappa shape index (κ1) is 21.6. The van der Waals surface area contributed by atoms with E-state index in [9.17, 15) is 14.4 Å². The molecule has 1 atom stereocenters. The molecule has 1 amide bonds. The highest BCUT2D eigenvalue weighted by molar-refractivity contribution is 6.05. The summed E-state index contributed by atoms with van der Waals surface area (Å²) in [7, 11) is 0. The average molecular weight is 441 g/mol. The summed E-state index contributed by atoms with van der Waals surface area (Å²) in [5.74, 6) is -0.0155. The van der Waals surface area contributed by atoms with Crippen LogP contribution >= 0.6 is 0 Å². The van der Waals surface area contributed by atoms with Crippen LogP contribution in [0.3, 0.4) is 0 Å². The van der Waals surface area contributed by atoms with Gasteiger partial charge in [-0.2, -0.15) is 0 Å². The van der Waals surface area contributed by atoms with E-state index in [2.05, 4.69) is 5.32 Å². The zero-order valence-electron chi connectivity index (χ0n) is 17.6. The molecule has 0 saturated carbocycles. The third-order valence-electron chi connectivity index (χ3n) is 5.05. The Morgan fingerprint density at radius 3 is 2.53 bits per heavy atom. The number of hydrogen-bond donors (Lipinski definition) is 1. The quantitative estimate of drug-likeness (QED) is 0.492. The fraction of sp³-hybridized carbons (Fsp3) is 0.348. The van der Waals surface area contributed by atoms with Gasteiger partial charge in [0.2, 0.25) is 6.79 Å². The van der Waals surface area contributed by atoms with Gasteiger partial charge in [-0.05, 0) is 50.1 Å². The predicted molar refractivity (Wildman–Crippen MR) is 112 cm³/mol. The second-order valence-corrected chi connectivity index (χ2v) is 7.40. The summed E-state index contributed by atoms with van der Waals surface area (Å²) in [6.07, 6.45) is 2.12. The number of ketones is 1. The van der Waals surface area contributed by atoms with Crippen molar-refractivity contribution >= 4 is 23.3 Å². The van der Waals surface area contributed by atoms with Crippen LogP contribution in [-0.2, 0) is 14.3 Å². The molecular formula is C23H23NO8. The molecule has 2 aromatic rings. The molecule has 0 aromatic heterocycles. The lowest BCUT2D eigenvalue weighted by molar-refractivity contribution is -0.119. The van der Waals surface area contributed by atoms with E-state index in [4.69, 9.17) is 23.7 Å². The van der Waals surface area contributed by atoms with Crippen molar-refractivity contribution in [3.05, 3.63) is 47.5 Å². The van der Waals surface area contributed by atoms with Gasteiger partial charge in [0.25, 0.3) is 5.91 Å². The molecule has 168 valence electrons. The minimum absolute atomic E-state index is 0.0415. The lowest BCUT2D eigenvalue weighted by Crippen LogP contribution is -2.22. The van der Waals surface area contributed by atoms with E-state index >= 15 is 0 Å². The first-order valence-corrected chi connectivity index (χ1v) is 10.3. The molecule has 0 spiro atoms. The van der Waals surface area contributed by atoms with Gasteiger partial charge in [0.05, 0.1) is 17.4 Å². The largest absolute Gasteiger partial charge is 0.491 e. The predicted octanol–water partition coefficient (Wildman–Crippen LogP) is 2.97. The Labute approximate surface area is 184 Å². The van der Waals surface area contributed by atoms with Crippen LogP contribution in [-0.4, -0.2) is 50.4 Å². The number of anilines is 1. The van der Waals surface area contributed by atoms with Gasteiger partial charge in [0.1, 0.15) is 12.4 Å². The van der Waals surface area contributed by atoms with E-state index in [0.717, 1.165) is 19.4 Å². The molecule has 0 bridgehead atoms. The fourth-order valence-corrected chi connectivity index (χ4v) is 3.39. The Morgan fingerprint density at radius 2 is 1.84 bits per heavy atom. The number of Topliss-reactive ketones (excluding diaryl/α,β-unsaturated/α-hetero) is 1. The maximum absolute atomic E-state index is 12.3. The van der Waals surface area contributed by atoms with Crippen molar-refractivity contribution in [3.63, 3.8) is 0 Å². The van der Waals surface area contributed by atoms with Crippen LogP contribution in [0.2, 0.25) is 0 Å². The minimum Gasteiger partial charge on any atom is -0.491 e. The molecule has 0 radical (unpaired) electrons. The number of nitrogens with one attached hydrogen (secondary N) is 1. The molecule has 2 heterocycles. The Morgan fingerprint density at radius 1 is 1.09 bits per heavy atom. The average Bonchev–Trinajstić information content (AvgIpc) is 3.47. The molecule has 2 aromatic carbocycles. The topological polar surface area (TPSA) is 109 Å². The van der Waals surface area contributed by atoms with Gasteiger partial charge in [-0.25, -0.2) is 4.79 Å². The Bertz CT molecular complexity index is 1010. The first-order valence-electron chi connectivity index (χ1n) is 10.3. The van der Waals surface area contributed by atoms with Crippen LogP contribution in [0.15, 0.2) is 36.4 Å². The second kappa shape index (κ2) is 9.69. The molecule has 4 rings (SSSR count). The number of carbonyl (C=O) groups is 3. The molecule has 32 heavy (non-hydrogen) atoms. The van der Waals surface area contributed by atoms with Gasteiger partial charge >= 0.3 is 5.97 Å². The molecule has 1 N–H and O–H groups in total. The molecule has 2 aliphatic rings. The number of carbonyl (C=O) groups excluding carboxylic acids is 3. The number of ether oxygens (including phenoxy) is 5. The second-order valence-electron chi connectivity index (χ2n) is 7.40. The SMILES string of the molecule is CC(=O)c1cc2c(cc1NC(=O)COC(=O)c1ccc(OCC3CCCO3)cc1)OCO2. The van der Waals surface area contributed by atoms with Gasteiger partial charge in [-0.1, -0.05) is 0 Å². The highest BCUT2D eigenvalue weighted by Crippen LogP contribution is 2.37. The summed E-state index contributed by atoms with van der Waals surface area (Å²) in [4.78, 5) is 36.4. The Balaban J connectivity index is 1.29. The van der Waals surface area contributed by atoms with Crippen LogP contribution in [0.4, 0.5) is 5.69 Å². The van der Waals surface area contributed by atoms with Gasteiger partial charge in [-0.15, -0.1) is 0 Å². The van der Waals surface area contributed by atoms with Crippen molar-refractivity contribution < 1.29 is 38.1 Å². The molecule has 0 aliphatic carbocycles. The molecule has 2 aliphatic heterocycles. The smallest absolute Gasteiger partial charge is 0.338 e. The highest BCUT2D eigenvalue weighted by Gasteiger charge is 2.21. The monoisotopic (exact) mass is 441 g/mol. The highest BCUT2D eigenvalue weighted by atomic mass is 16.7. The van der Waals surface area contributed by atoms with Crippen molar-refractivity contribution in [1.29, 1.82) is 0 Å². The normalized spacial score (nSPS) is 16.5. The number of rotatable bonds is 8. The molecule has 1 saturated heterocycles. The molecule has 1 unspecified atom stereocenters. The molecule has 9 nitrogen and oxygen atoms in total.